The Bertz CT molecular complexity index is 403. The van der Waals surface area contributed by atoms with Crippen molar-refractivity contribution in [3.8, 4) is 0 Å². The van der Waals surface area contributed by atoms with Crippen LogP contribution < -0.4 is 5.46 Å². The van der Waals surface area contributed by atoms with Gasteiger partial charge < -0.3 is 14.8 Å². The van der Waals surface area contributed by atoms with E-state index in [4.69, 9.17) is 14.8 Å². The minimum atomic E-state index is -1.65. The molecule has 0 amide bonds. The summed E-state index contributed by atoms with van der Waals surface area (Å²) < 4.78 is 18.5. The number of halogens is 1. The Labute approximate surface area is 114 Å². The second-order valence-electron chi connectivity index (χ2n) is 4.63. The maximum Gasteiger partial charge on any atom is 0.488 e. The van der Waals surface area contributed by atoms with E-state index in [2.05, 4.69) is 4.90 Å². The first-order valence-electron chi connectivity index (χ1n) is 6.36. The number of hydrogen-bond donors (Lipinski definition) is 2. The zero-order valence-electron chi connectivity index (χ0n) is 11.6. The molecule has 1 rings (SSSR count). The van der Waals surface area contributed by atoms with Gasteiger partial charge in [-0.15, -0.1) is 0 Å². The molecule has 0 aliphatic heterocycles. The third kappa shape index (κ3) is 4.91. The van der Waals surface area contributed by atoms with Crippen LogP contribution in [0.5, 0.6) is 0 Å². The molecule has 1 aromatic carbocycles. The van der Waals surface area contributed by atoms with Crippen LogP contribution in [0.1, 0.15) is 19.4 Å². The van der Waals surface area contributed by atoms with Crippen molar-refractivity contribution >= 4 is 12.6 Å². The van der Waals surface area contributed by atoms with Crippen LogP contribution in [0, 0.1) is 5.82 Å². The number of rotatable bonds is 7. The van der Waals surface area contributed by atoms with Crippen molar-refractivity contribution < 1.29 is 19.2 Å². The summed E-state index contributed by atoms with van der Waals surface area (Å²) in [6.07, 6.45) is 0. The van der Waals surface area contributed by atoms with Crippen LogP contribution in [0.4, 0.5) is 4.39 Å². The van der Waals surface area contributed by atoms with Crippen LogP contribution in [0.15, 0.2) is 18.2 Å². The number of nitrogens with zero attached hydrogens (tertiary/aromatic N) is 1. The molecule has 6 heteroatoms. The zero-order valence-corrected chi connectivity index (χ0v) is 11.6. The lowest BCUT2D eigenvalue weighted by Gasteiger charge is -2.27. The molecule has 2 N–H and O–H groups in total. The van der Waals surface area contributed by atoms with Gasteiger partial charge in [-0.25, -0.2) is 4.39 Å². The molecule has 0 fully saturated rings. The number of benzene rings is 1. The second kappa shape index (κ2) is 7.60. The number of hydrogen-bond acceptors (Lipinski definition) is 4. The summed E-state index contributed by atoms with van der Waals surface area (Å²) in [5.74, 6) is -0.462. The third-order valence-corrected chi connectivity index (χ3v) is 3.10. The van der Waals surface area contributed by atoms with Gasteiger partial charge in [0.25, 0.3) is 0 Å². The molecular weight excluding hydrogens is 248 g/mol. The van der Waals surface area contributed by atoms with E-state index in [-0.39, 0.29) is 11.5 Å². The van der Waals surface area contributed by atoms with Crippen LogP contribution in [-0.4, -0.2) is 48.4 Å². The van der Waals surface area contributed by atoms with Crippen molar-refractivity contribution in [3.05, 3.63) is 29.6 Å². The van der Waals surface area contributed by atoms with E-state index in [1.54, 1.807) is 13.2 Å². The predicted octanol–water partition coefficient (Wildman–Crippen LogP) is 0.362. The van der Waals surface area contributed by atoms with Gasteiger partial charge in [-0.2, -0.15) is 0 Å². The molecule has 0 bridgehead atoms. The molecule has 106 valence electrons. The van der Waals surface area contributed by atoms with E-state index in [1.165, 1.54) is 6.07 Å². The minimum absolute atomic E-state index is 0.172. The number of ether oxygens (including phenoxy) is 1. The average Bonchev–Trinajstić information content (AvgIpc) is 2.35. The lowest BCUT2D eigenvalue weighted by molar-refractivity contribution is 0.0981. The maximum absolute atomic E-state index is 13.4. The van der Waals surface area contributed by atoms with Crippen LogP contribution in [0.2, 0.25) is 0 Å². The van der Waals surface area contributed by atoms with E-state index in [0.717, 1.165) is 12.6 Å². The standard InChI is InChI=1S/C13H21BFNO3/c1-4-16(10(2)9-19-3)8-11-5-12(14(17)18)7-13(15)6-11/h5-7,10,17-18H,4,8-9H2,1-3H3. The summed E-state index contributed by atoms with van der Waals surface area (Å²) in [6.45, 7) is 6.00. The monoisotopic (exact) mass is 269 g/mol. The summed E-state index contributed by atoms with van der Waals surface area (Å²) in [5, 5.41) is 18.2. The molecule has 0 aromatic heterocycles. The van der Waals surface area contributed by atoms with Gasteiger partial charge in [0.2, 0.25) is 0 Å². The first kappa shape index (κ1) is 16.1. The Hall–Kier alpha value is -0.945. The molecule has 4 nitrogen and oxygen atoms in total. The number of methoxy groups -OCH3 is 1. The summed E-state index contributed by atoms with van der Waals surface area (Å²) >= 11 is 0. The first-order chi connectivity index (χ1) is 8.97. The molecule has 0 aliphatic rings. The summed E-state index contributed by atoms with van der Waals surface area (Å²) in [7, 11) is -0.00634. The van der Waals surface area contributed by atoms with Gasteiger partial charge >= 0.3 is 7.12 Å². The van der Waals surface area contributed by atoms with Crippen molar-refractivity contribution in [2.75, 3.05) is 20.3 Å². The first-order valence-corrected chi connectivity index (χ1v) is 6.36. The van der Waals surface area contributed by atoms with Crippen molar-refractivity contribution in [1.82, 2.24) is 4.90 Å². The highest BCUT2D eigenvalue weighted by Crippen LogP contribution is 2.09. The molecule has 1 aromatic rings. The van der Waals surface area contributed by atoms with Gasteiger partial charge in [0, 0.05) is 19.7 Å². The van der Waals surface area contributed by atoms with Gasteiger partial charge in [-0.05, 0) is 36.6 Å². The van der Waals surface area contributed by atoms with Gasteiger partial charge in [-0.1, -0.05) is 13.0 Å². The van der Waals surface area contributed by atoms with Crippen LogP contribution in [0.25, 0.3) is 0 Å². The molecular formula is C13H21BFNO3. The molecule has 0 spiro atoms. The highest BCUT2D eigenvalue weighted by atomic mass is 19.1. The minimum Gasteiger partial charge on any atom is -0.423 e. The Balaban J connectivity index is 2.84. The fraction of sp³-hybridized carbons (Fsp3) is 0.538. The topological polar surface area (TPSA) is 52.9 Å². The lowest BCUT2D eigenvalue weighted by atomic mass is 9.79. The molecule has 0 aliphatic carbocycles. The van der Waals surface area contributed by atoms with Crippen LogP contribution >= 0.6 is 0 Å². The number of likely N-dealkylation sites (N-methyl/N-ethyl adjacent to an activating group) is 1. The molecule has 0 heterocycles. The smallest absolute Gasteiger partial charge is 0.423 e. The van der Waals surface area contributed by atoms with Gasteiger partial charge in [0.05, 0.1) is 6.61 Å². The summed E-state index contributed by atoms with van der Waals surface area (Å²) in [4.78, 5) is 2.13. The Morgan fingerprint density at radius 3 is 2.58 bits per heavy atom. The Morgan fingerprint density at radius 1 is 1.37 bits per heavy atom. The van der Waals surface area contributed by atoms with Crippen molar-refractivity contribution in [2.45, 2.75) is 26.4 Å². The Kier molecular flexibility index (Phi) is 6.44. The average molecular weight is 269 g/mol. The lowest BCUT2D eigenvalue weighted by Crippen LogP contribution is -2.36. The fourth-order valence-corrected chi connectivity index (χ4v) is 2.08. The van der Waals surface area contributed by atoms with Crippen molar-refractivity contribution in [3.63, 3.8) is 0 Å². The molecule has 19 heavy (non-hydrogen) atoms. The van der Waals surface area contributed by atoms with E-state index >= 15 is 0 Å². The largest absolute Gasteiger partial charge is 0.488 e. The SMILES string of the molecule is CCN(Cc1cc(F)cc(B(O)O)c1)C(C)COC. The predicted molar refractivity (Wildman–Crippen MR) is 73.6 cm³/mol. The maximum atomic E-state index is 13.4. The zero-order chi connectivity index (χ0) is 14.4. The van der Waals surface area contributed by atoms with Gasteiger partial charge in [0.1, 0.15) is 5.82 Å². The van der Waals surface area contributed by atoms with Crippen LogP contribution in [0.3, 0.4) is 0 Å². The van der Waals surface area contributed by atoms with E-state index < -0.39 is 12.9 Å². The molecule has 1 unspecified atom stereocenters. The molecule has 1 atom stereocenters. The van der Waals surface area contributed by atoms with Crippen molar-refractivity contribution in [1.29, 1.82) is 0 Å². The van der Waals surface area contributed by atoms with Gasteiger partial charge in [-0.3, -0.25) is 4.90 Å². The normalized spacial score (nSPS) is 12.8. The molecule has 0 saturated heterocycles. The Morgan fingerprint density at radius 2 is 2.05 bits per heavy atom. The van der Waals surface area contributed by atoms with E-state index in [1.807, 2.05) is 13.8 Å². The van der Waals surface area contributed by atoms with E-state index in [0.29, 0.717) is 18.7 Å². The third-order valence-electron chi connectivity index (χ3n) is 3.10. The fourth-order valence-electron chi connectivity index (χ4n) is 2.08. The molecule has 0 saturated carbocycles. The summed E-state index contributed by atoms with van der Waals surface area (Å²) in [6, 6.07) is 4.35. The highest BCUT2D eigenvalue weighted by molar-refractivity contribution is 6.58. The molecule has 0 radical (unpaired) electrons. The van der Waals surface area contributed by atoms with Crippen LogP contribution in [-0.2, 0) is 11.3 Å². The van der Waals surface area contributed by atoms with E-state index in [9.17, 15) is 4.39 Å². The van der Waals surface area contributed by atoms with Gasteiger partial charge in [0.15, 0.2) is 0 Å². The highest BCUT2D eigenvalue weighted by Gasteiger charge is 2.16. The van der Waals surface area contributed by atoms with Crippen molar-refractivity contribution in [2.24, 2.45) is 0 Å². The summed E-state index contributed by atoms with van der Waals surface area (Å²) in [5.41, 5.74) is 0.887. The second-order valence-corrected chi connectivity index (χ2v) is 4.63. The quantitative estimate of drug-likeness (QED) is 0.702.